The van der Waals surface area contributed by atoms with Gasteiger partial charge in [0, 0.05) is 0 Å². The van der Waals surface area contributed by atoms with Gasteiger partial charge >= 0.3 is 0 Å². The molecule has 7 heteroatoms. The van der Waals surface area contributed by atoms with Gasteiger partial charge in [0.15, 0.2) is 11.5 Å². The summed E-state index contributed by atoms with van der Waals surface area (Å²) in [5.41, 5.74) is 0.645. The summed E-state index contributed by atoms with van der Waals surface area (Å²) in [6, 6.07) is 7.37. The molecular weight excluding hydrogens is 350 g/mol. The van der Waals surface area contributed by atoms with E-state index in [4.69, 9.17) is 9.47 Å². The van der Waals surface area contributed by atoms with E-state index >= 15 is 0 Å². The van der Waals surface area contributed by atoms with Crippen molar-refractivity contribution in [2.24, 2.45) is 5.10 Å². The van der Waals surface area contributed by atoms with Gasteiger partial charge in [-0.2, -0.15) is 9.78 Å². The number of thiophene rings is 1. The maximum atomic E-state index is 12.5. The number of hydrogen-bond donors (Lipinski definition) is 0. The highest BCUT2D eigenvalue weighted by molar-refractivity contribution is 7.16. The number of fused-ring (bicyclic) bond motifs is 1. The van der Waals surface area contributed by atoms with Crippen molar-refractivity contribution in [3.63, 3.8) is 0 Å². The van der Waals surface area contributed by atoms with Crippen LogP contribution >= 0.6 is 11.3 Å². The zero-order valence-corrected chi connectivity index (χ0v) is 15.9. The Kier molecular flexibility index (Phi) is 5.68. The summed E-state index contributed by atoms with van der Waals surface area (Å²) in [5, 5.41) is 6.76. The van der Waals surface area contributed by atoms with Crippen LogP contribution in [0.15, 0.2) is 39.5 Å². The van der Waals surface area contributed by atoms with Gasteiger partial charge in [-0.05, 0) is 55.5 Å². The van der Waals surface area contributed by atoms with Crippen molar-refractivity contribution in [3.05, 3.63) is 51.4 Å². The molecule has 3 aromatic rings. The highest BCUT2D eigenvalue weighted by atomic mass is 32.1. The molecule has 0 N–H and O–H groups in total. The first-order valence-corrected chi connectivity index (χ1v) is 9.42. The van der Waals surface area contributed by atoms with E-state index in [0.29, 0.717) is 35.9 Å². The van der Waals surface area contributed by atoms with Gasteiger partial charge in [0.05, 0.1) is 24.8 Å². The molecule has 0 saturated heterocycles. The molecule has 6 nitrogen and oxygen atoms in total. The summed E-state index contributed by atoms with van der Waals surface area (Å²) in [5.74, 6) is 1.93. The Morgan fingerprint density at radius 1 is 1.23 bits per heavy atom. The Balaban J connectivity index is 1.93. The lowest BCUT2D eigenvalue weighted by molar-refractivity contribution is 0.277. The highest BCUT2D eigenvalue weighted by Crippen LogP contribution is 2.28. The molecular formula is C19H21N3O3S. The zero-order valence-electron chi connectivity index (χ0n) is 15.1. The van der Waals surface area contributed by atoms with Gasteiger partial charge in [0.1, 0.15) is 10.7 Å². The molecule has 0 aliphatic rings. The fourth-order valence-electron chi connectivity index (χ4n) is 2.47. The molecule has 0 bridgehead atoms. The molecule has 3 rings (SSSR count). The molecule has 0 amide bonds. The monoisotopic (exact) mass is 371 g/mol. The number of benzene rings is 1. The molecule has 0 unspecified atom stereocenters. The second-order valence-electron chi connectivity index (χ2n) is 5.65. The Morgan fingerprint density at radius 2 is 2.08 bits per heavy atom. The van der Waals surface area contributed by atoms with E-state index in [9.17, 15) is 4.79 Å². The molecule has 0 fully saturated rings. The van der Waals surface area contributed by atoms with Crippen molar-refractivity contribution < 1.29 is 9.47 Å². The Labute approximate surface area is 155 Å². The molecule has 26 heavy (non-hydrogen) atoms. The average molecular weight is 371 g/mol. The van der Waals surface area contributed by atoms with E-state index < -0.39 is 0 Å². The molecule has 0 aliphatic heterocycles. The fourth-order valence-corrected chi connectivity index (χ4v) is 3.27. The summed E-state index contributed by atoms with van der Waals surface area (Å²) in [6.07, 6.45) is 2.55. The molecule has 2 heterocycles. The third kappa shape index (κ3) is 3.77. The maximum Gasteiger partial charge on any atom is 0.282 e. The molecule has 1 aromatic carbocycles. The van der Waals surface area contributed by atoms with Crippen molar-refractivity contribution in [2.75, 3.05) is 13.2 Å². The number of hydrogen-bond acceptors (Lipinski definition) is 6. The minimum atomic E-state index is -0.169. The number of aromatic nitrogens is 2. The van der Waals surface area contributed by atoms with Crippen LogP contribution in [-0.2, 0) is 0 Å². The normalized spacial score (nSPS) is 11.3. The summed E-state index contributed by atoms with van der Waals surface area (Å²) >= 11 is 1.45. The minimum absolute atomic E-state index is 0.169. The van der Waals surface area contributed by atoms with E-state index in [2.05, 4.69) is 17.0 Å². The van der Waals surface area contributed by atoms with Crippen molar-refractivity contribution in [2.45, 2.75) is 27.2 Å². The molecule has 0 radical (unpaired) electrons. The second-order valence-corrected chi connectivity index (χ2v) is 6.54. The van der Waals surface area contributed by atoms with Crippen LogP contribution in [0.1, 0.15) is 31.7 Å². The first-order valence-electron chi connectivity index (χ1n) is 8.55. The third-order valence-corrected chi connectivity index (χ3v) is 4.50. The number of aryl methyl sites for hydroxylation is 1. The fraction of sp³-hybridized carbons (Fsp3) is 0.316. The summed E-state index contributed by atoms with van der Waals surface area (Å²) < 4.78 is 12.7. The average Bonchev–Trinajstić information content (AvgIpc) is 3.09. The van der Waals surface area contributed by atoms with Gasteiger partial charge in [-0.3, -0.25) is 4.79 Å². The standard InChI is InChI=1S/C19H21N3O3S/c1-4-9-25-16-7-6-14(11-17(16)24-5-2)12-20-22-13(3)21-18-15(19(22)23)8-10-26-18/h6-8,10-12H,4-5,9H2,1-3H3/b20-12-. The minimum Gasteiger partial charge on any atom is -0.490 e. The van der Waals surface area contributed by atoms with Crippen LogP contribution in [0.5, 0.6) is 11.5 Å². The van der Waals surface area contributed by atoms with Gasteiger partial charge < -0.3 is 9.47 Å². The molecule has 2 aromatic heterocycles. The van der Waals surface area contributed by atoms with Crippen LogP contribution in [0.25, 0.3) is 10.2 Å². The van der Waals surface area contributed by atoms with E-state index in [1.165, 1.54) is 16.0 Å². The van der Waals surface area contributed by atoms with Gasteiger partial charge in [-0.25, -0.2) is 4.98 Å². The molecule has 0 saturated carbocycles. The van der Waals surface area contributed by atoms with Gasteiger partial charge in [-0.15, -0.1) is 11.3 Å². The molecule has 0 atom stereocenters. The Hall–Kier alpha value is -2.67. The number of nitrogens with zero attached hydrogens (tertiary/aromatic N) is 3. The first-order chi connectivity index (χ1) is 12.6. The van der Waals surface area contributed by atoms with E-state index in [1.54, 1.807) is 19.2 Å². The SMILES string of the molecule is CCCOc1ccc(/C=N\n2c(C)nc3sccc3c2=O)cc1OCC. The van der Waals surface area contributed by atoms with Crippen LogP contribution < -0.4 is 15.0 Å². The predicted octanol–water partition coefficient (Wildman–Crippen LogP) is 3.84. The number of rotatable bonds is 7. The lowest BCUT2D eigenvalue weighted by Crippen LogP contribution is -2.19. The molecule has 136 valence electrons. The van der Waals surface area contributed by atoms with Crippen molar-refractivity contribution in [1.82, 2.24) is 9.66 Å². The smallest absolute Gasteiger partial charge is 0.282 e. The number of ether oxygens (including phenoxy) is 2. The van der Waals surface area contributed by atoms with Crippen LogP contribution in [0.4, 0.5) is 0 Å². The summed E-state index contributed by atoms with van der Waals surface area (Å²) in [6.45, 7) is 6.93. The van der Waals surface area contributed by atoms with E-state index in [1.807, 2.05) is 30.5 Å². The third-order valence-electron chi connectivity index (χ3n) is 3.69. The highest BCUT2D eigenvalue weighted by Gasteiger charge is 2.09. The molecule has 0 spiro atoms. The second kappa shape index (κ2) is 8.14. The van der Waals surface area contributed by atoms with E-state index in [0.717, 1.165) is 16.8 Å². The first kappa shape index (κ1) is 18.1. The van der Waals surface area contributed by atoms with Crippen LogP contribution in [0.3, 0.4) is 0 Å². The van der Waals surface area contributed by atoms with Crippen molar-refractivity contribution in [3.8, 4) is 11.5 Å². The van der Waals surface area contributed by atoms with Gasteiger partial charge in [-0.1, -0.05) is 6.92 Å². The van der Waals surface area contributed by atoms with Crippen molar-refractivity contribution in [1.29, 1.82) is 0 Å². The van der Waals surface area contributed by atoms with E-state index in [-0.39, 0.29) is 5.56 Å². The quantitative estimate of drug-likeness (QED) is 0.592. The summed E-state index contributed by atoms with van der Waals surface area (Å²) in [4.78, 5) is 17.7. The molecule has 0 aliphatic carbocycles. The van der Waals surface area contributed by atoms with Gasteiger partial charge in [0.2, 0.25) is 0 Å². The van der Waals surface area contributed by atoms with Gasteiger partial charge in [0.25, 0.3) is 5.56 Å². The van der Waals surface area contributed by atoms with Crippen LogP contribution in [-0.4, -0.2) is 29.1 Å². The summed E-state index contributed by atoms with van der Waals surface area (Å²) in [7, 11) is 0. The predicted molar refractivity (Wildman–Crippen MR) is 105 cm³/mol. The maximum absolute atomic E-state index is 12.5. The topological polar surface area (TPSA) is 65.7 Å². The zero-order chi connectivity index (χ0) is 18.5. The lowest BCUT2D eigenvalue weighted by atomic mass is 10.2. The Bertz CT molecular complexity index is 991. The lowest BCUT2D eigenvalue weighted by Gasteiger charge is -2.12. The van der Waals surface area contributed by atoms with Crippen LogP contribution in [0.2, 0.25) is 0 Å². The Morgan fingerprint density at radius 3 is 2.85 bits per heavy atom. The van der Waals surface area contributed by atoms with Crippen LogP contribution in [0, 0.1) is 6.92 Å². The van der Waals surface area contributed by atoms with Crippen molar-refractivity contribution >= 4 is 27.8 Å². The largest absolute Gasteiger partial charge is 0.490 e.